The van der Waals surface area contributed by atoms with Gasteiger partial charge in [-0.3, -0.25) is 0 Å². The van der Waals surface area contributed by atoms with Crippen LogP contribution in [0.15, 0.2) is 64.8 Å². The summed E-state index contributed by atoms with van der Waals surface area (Å²) in [5, 5.41) is 10.1. The lowest BCUT2D eigenvalue weighted by Crippen LogP contribution is -2.07. The maximum atomic E-state index is 12.0. The molecule has 0 aliphatic heterocycles. The molecule has 33 heavy (non-hydrogen) atoms. The number of phenolic OH excluding ortho intramolecular Hbond substituents is 1. The first-order chi connectivity index (χ1) is 15.7. The summed E-state index contributed by atoms with van der Waals surface area (Å²) < 4.78 is 9.73. The zero-order valence-electron chi connectivity index (χ0n) is 21.4. The molecule has 0 amide bonds. The average molecular weight is 455 g/mol. The second kappa shape index (κ2) is 16.1. The van der Waals surface area contributed by atoms with E-state index in [1.165, 1.54) is 35.5 Å². The molecule has 0 saturated heterocycles. The largest absolute Gasteiger partial charge is 0.508 e. The lowest BCUT2D eigenvalue weighted by Gasteiger charge is -2.07. The third-order valence-corrected chi connectivity index (χ3v) is 5.45. The molecular weight excluding hydrogens is 412 g/mol. The fourth-order valence-electron chi connectivity index (χ4n) is 3.34. The van der Waals surface area contributed by atoms with Gasteiger partial charge in [-0.1, -0.05) is 46.6 Å². The lowest BCUT2D eigenvalue weighted by molar-refractivity contribution is -0.0125. The van der Waals surface area contributed by atoms with E-state index in [9.17, 15) is 9.90 Å². The molecule has 0 aromatic heterocycles. The topological polar surface area (TPSA) is 55.8 Å². The highest BCUT2D eigenvalue weighted by Gasteiger charge is 2.10. The van der Waals surface area contributed by atoms with Crippen molar-refractivity contribution in [3.8, 4) is 5.75 Å². The molecule has 4 heteroatoms. The maximum Gasteiger partial charge on any atom is 0.340 e. The van der Waals surface area contributed by atoms with Gasteiger partial charge in [-0.25, -0.2) is 4.79 Å². The van der Waals surface area contributed by atoms with Crippen molar-refractivity contribution < 1.29 is 19.4 Å². The van der Waals surface area contributed by atoms with Crippen LogP contribution in [0.4, 0.5) is 0 Å². The summed E-state index contributed by atoms with van der Waals surface area (Å²) in [7, 11) is 1.46. The quantitative estimate of drug-likeness (QED) is 0.177. The maximum absolute atomic E-state index is 12.0. The second-order valence-corrected chi connectivity index (χ2v) is 8.93. The average Bonchev–Trinajstić information content (AvgIpc) is 2.76. The molecule has 0 aliphatic carbocycles. The van der Waals surface area contributed by atoms with Gasteiger partial charge in [-0.15, -0.1) is 0 Å². The summed E-state index contributed by atoms with van der Waals surface area (Å²) in [6.07, 6.45) is 16.1. The van der Waals surface area contributed by atoms with Gasteiger partial charge >= 0.3 is 5.97 Å². The number of carbonyl (C=O) groups excluding carboxylic acids is 1. The van der Waals surface area contributed by atoms with Crippen molar-refractivity contribution in [3.63, 3.8) is 0 Å². The Morgan fingerprint density at radius 3 is 1.94 bits per heavy atom. The monoisotopic (exact) mass is 454 g/mol. The van der Waals surface area contributed by atoms with Gasteiger partial charge in [-0.05, 0) is 103 Å². The molecule has 182 valence electrons. The number of hydrogen-bond donors (Lipinski definition) is 1. The molecule has 1 aromatic carbocycles. The van der Waals surface area contributed by atoms with Gasteiger partial charge in [-0.2, -0.15) is 0 Å². The van der Waals surface area contributed by atoms with Crippen LogP contribution in [0.1, 0.15) is 89.1 Å². The Morgan fingerprint density at radius 2 is 1.39 bits per heavy atom. The summed E-state index contributed by atoms with van der Waals surface area (Å²) in [6.45, 7) is 10.7. The number of ether oxygens (including phenoxy) is 2. The SMILES string of the molecule is COCOC(=O)c1ccc(O)c(C/C=C(\C)CC/C=C(\C)CC/C=C(\C)CCC=C(C)C)c1. The fourth-order valence-corrected chi connectivity index (χ4v) is 3.34. The van der Waals surface area contributed by atoms with E-state index in [-0.39, 0.29) is 12.5 Å². The Bertz CT molecular complexity index is 868. The number of methoxy groups -OCH3 is 1. The van der Waals surface area contributed by atoms with Gasteiger partial charge in [0, 0.05) is 7.11 Å². The zero-order valence-corrected chi connectivity index (χ0v) is 21.4. The van der Waals surface area contributed by atoms with Crippen LogP contribution in [0.2, 0.25) is 0 Å². The van der Waals surface area contributed by atoms with E-state index in [0.29, 0.717) is 17.5 Å². The smallest absolute Gasteiger partial charge is 0.340 e. The Morgan fingerprint density at radius 1 is 0.848 bits per heavy atom. The van der Waals surface area contributed by atoms with Crippen molar-refractivity contribution in [2.75, 3.05) is 13.9 Å². The van der Waals surface area contributed by atoms with Crippen LogP contribution in [0.5, 0.6) is 5.75 Å². The molecule has 0 heterocycles. The molecule has 1 N–H and O–H groups in total. The van der Waals surface area contributed by atoms with Crippen LogP contribution in [0.25, 0.3) is 0 Å². The van der Waals surface area contributed by atoms with Crippen molar-refractivity contribution in [3.05, 3.63) is 75.9 Å². The minimum Gasteiger partial charge on any atom is -0.508 e. The standard InChI is InChI=1S/C29H42O4/c1-22(2)10-7-11-23(3)12-8-13-24(4)14-9-15-25(5)16-17-26-20-27(18-19-28(26)30)29(31)33-21-32-6/h10,12,14,16,18-20,30H,7-9,11,13,15,17,21H2,1-6H3/b23-12+,24-14+,25-16+. The second-order valence-electron chi connectivity index (χ2n) is 8.93. The molecule has 1 rings (SSSR count). The van der Waals surface area contributed by atoms with Gasteiger partial charge in [0.05, 0.1) is 5.56 Å². The lowest BCUT2D eigenvalue weighted by atomic mass is 10.0. The Kier molecular flexibility index (Phi) is 13.9. The number of esters is 1. The number of rotatable bonds is 14. The van der Waals surface area contributed by atoms with Crippen molar-refractivity contribution in [2.24, 2.45) is 0 Å². The number of aromatic hydroxyl groups is 1. The van der Waals surface area contributed by atoms with E-state index in [2.05, 4.69) is 58.9 Å². The van der Waals surface area contributed by atoms with Crippen LogP contribution >= 0.6 is 0 Å². The molecule has 0 unspecified atom stereocenters. The predicted molar refractivity (Wildman–Crippen MR) is 138 cm³/mol. The molecule has 0 fully saturated rings. The van der Waals surface area contributed by atoms with E-state index in [1.54, 1.807) is 12.1 Å². The van der Waals surface area contributed by atoms with Crippen LogP contribution in [0, 0.1) is 0 Å². The summed E-state index contributed by atoms with van der Waals surface area (Å²) in [4.78, 5) is 12.0. The summed E-state index contributed by atoms with van der Waals surface area (Å²) in [6, 6.07) is 4.77. The number of allylic oxidation sites excluding steroid dienone is 8. The first-order valence-electron chi connectivity index (χ1n) is 11.8. The molecular formula is C29H42O4. The normalized spacial score (nSPS) is 12.6. The molecule has 0 saturated carbocycles. The third-order valence-electron chi connectivity index (χ3n) is 5.45. The molecule has 4 nitrogen and oxygen atoms in total. The fraction of sp³-hybridized carbons (Fsp3) is 0.483. The minimum absolute atomic E-state index is 0.0901. The van der Waals surface area contributed by atoms with E-state index < -0.39 is 5.97 Å². The van der Waals surface area contributed by atoms with Crippen LogP contribution < -0.4 is 0 Å². The first kappa shape index (κ1) is 28.4. The first-order valence-corrected chi connectivity index (χ1v) is 11.8. The van der Waals surface area contributed by atoms with Crippen molar-refractivity contribution in [1.29, 1.82) is 0 Å². The van der Waals surface area contributed by atoms with Crippen LogP contribution in [-0.2, 0) is 15.9 Å². The summed E-state index contributed by atoms with van der Waals surface area (Å²) >= 11 is 0. The number of benzene rings is 1. The van der Waals surface area contributed by atoms with E-state index in [4.69, 9.17) is 9.47 Å². The van der Waals surface area contributed by atoms with E-state index >= 15 is 0 Å². The highest BCUT2D eigenvalue weighted by Crippen LogP contribution is 2.21. The van der Waals surface area contributed by atoms with Gasteiger partial charge in [0.25, 0.3) is 0 Å². The highest BCUT2D eigenvalue weighted by molar-refractivity contribution is 5.89. The van der Waals surface area contributed by atoms with Gasteiger partial charge in [0.15, 0.2) is 6.79 Å². The van der Waals surface area contributed by atoms with Crippen molar-refractivity contribution in [1.82, 2.24) is 0 Å². The Hall–Kier alpha value is -2.59. The number of hydrogen-bond acceptors (Lipinski definition) is 4. The van der Waals surface area contributed by atoms with Crippen LogP contribution in [0.3, 0.4) is 0 Å². The predicted octanol–water partition coefficient (Wildman–Crippen LogP) is 7.84. The van der Waals surface area contributed by atoms with Crippen LogP contribution in [-0.4, -0.2) is 25.0 Å². The Balaban J connectivity index is 2.48. The minimum atomic E-state index is -0.461. The summed E-state index contributed by atoms with van der Waals surface area (Å²) in [5.41, 5.74) is 6.67. The number of phenols is 1. The molecule has 0 aliphatic rings. The molecule has 1 aromatic rings. The van der Waals surface area contributed by atoms with Gasteiger partial charge in [0.2, 0.25) is 0 Å². The highest BCUT2D eigenvalue weighted by atomic mass is 16.7. The zero-order chi connectivity index (χ0) is 24.6. The summed E-state index contributed by atoms with van der Waals surface area (Å²) in [5.74, 6) is -0.278. The molecule has 0 bridgehead atoms. The van der Waals surface area contributed by atoms with Crippen molar-refractivity contribution in [2.45, 2.75) is 79.6 Å². The van der Waals surface area contributed by atoms with Gasteiger partial charge in [0.1, 0.15) is 5.75 Å². The van der Waals surface area contributed by atoms with E-state index in [1.807, 2.05) is 0 Å². The van der Waals surface area contributed by atoms with E-state index in [0.717, 1.165) is 38.5 Å². The van der Waals surface area contributed by atoms with Crippen molar-refractivity contribution >= 4 is 5.97 Å². The Labute approximate surface area is 200 Å². The molecule has 0 atom stereocenters. The number of carbonyl (C=O) groups is 1. The molecule has 0 spiro atoms. The third kappa shape index (κ3) is 12.9. The molecule has 0 radical (unpaired) electrons. The van der Waals surface area contributed by atoms with Gasteiger partial charge < -0.3 is 14.6 Å².